The Labute approximate surface area is 80.3 Å². The third-order valence-corrected chi connectivity index (χ3v) is 2.69. The van der Waals surface area contributed by atoms with Gasteiger partial charge in [-0.05, 0) is 37.7 Å². The summed E-state index contributed by atoms with van der Waals surface area (Å²) in [5.41, 5.74) is 2.94. The number of allylic oxidation sites excluding steroid dienone is 2. The highest BCUT2D eigenvalue weighted by Gasteiger charge is 2.13. The highest BCUT2D eigenvalue weighted by Crippen LogP contribution is 2.27. The molecular weight excluding hydrogens is 156 g/mol. The van der Waals surface area contributed by atoms with E-state index in [0.29, 0.717) is 5.92 Å². The molecule has 1 atom stereocenters. The second kappa shape index (κ2) is 3.78. The van der Waals surface area contributed by atoms with Crippen LogP contribution in [0.3, 0.4) is 0 Å². The molecule has 13 heavy (non-hydrogen) atoms. The summed E-state index contributed by atoms with van der Waals surface area (Å²) < 4.78 is 0. The normalized spacial score (nSPS) is 17.5. The van der Waals surface area contributed by atoms with E-state index in [1.54, 1.807) is 5.57 Å². The molecule has 0 saturated carbocycles. The average Bonchev–Trinajstić information content (AvgIpc) is 2.02. The minimum Gasteiger partial charge on any atom is -0.0847 e. The molecule has 1 aliphatic carbocycles. The summed E-state index contributed by atoms with van der Waals surface area (Å²) in [4.78, 5) is 0. The van der Waals surface area contributed by atoms with Gasteiger partial charge < -0.3 is 0 Å². The third kappa shape index (κ3) is 2.00. The molecular formula is C13H15. The van der Waals surface area contributed by atoms with Crippen LogP contribution in [0.15, 0.2) is 42.0 Å². The lowest BCUT2D eigenvalue weighted by Gasteiger charge is -2.21. The van der Waals surface area contributed by atoms with Gasteiger partial charge in [-0.1, -0.05) is 42.0 Å². The van der Waals surface area contributed by atoms with Crippen molar-refractivity contribution in [1.82, 2.24) is 0 Å². The predicted octanol–water partition coefficient (Wildman–Crippen LogP) is 3.40. The molecule has 0 aliphatic heterocycles. The molecule has 0 heteroatoms. The van der Waals surface area contributed by atoms with Gasteiger partial charge in [0.2, 0.25) is 0 Å². The minimum absolute atomic E-state index is 0.496. The summed E-state index contributed by atoms with van der Waals surface area (Å²) in [6.45, 7) is 4.19. The van der Waals surface area contributed by atoms with Crippen molar-refractivity contribution < 1.29 is 0 Å². The lowest BCUT2D eigenvalue weighted by atomic mass is 9.84. The largest absolute Gasteiger partial charge is 0.0847 e. The minimum atomic E-state index is 0.496. The summed E-state index contributed by atoms with van der Waals surface area (Å²) in [5, 5.41) is 0. The molecule has 0 nitrogen and oxygen atoms in total. The number of rotatable bonds is 3. The highest BCUT2D eigenvalue weighted by molar-refractivity contribution is 5.22. The SMILES string of the molecule is [CH2]C(Cc1ccccc1)C1=CCC1. The van der Waals surface area contributed by atoms with Gasteiger partial charge in [0, 0.05) is 0 Å². The fourth-order valence-corrected chi connectivity index (χ4v) is 1.71. The van der Waals surface area contributed by atoms with Gasteiger partial charge in [0.15, 0.2) is 0 Å². The van der Waals surface area contributed by atoms with Crippen molar-refractivity contribution in [3.05, 3.63) is 54.5 Å². The smallest absolute Gasteiger partial charge is 0.0162 e. The summed E-state index contributed by atoms with van der Waals surface area (Å²) in [6.07, 6.45) is 5.93. The Morgan fingerprint density at radius 1 is 1.23 bits per heavy atom. The first-order valence-electron chi connectivity index (χ1n) is 4.92. The molecule has 0 spiro atoms. The van der Waals surface area contributed by atoms with E-state index >= 15 is 0 Å². The molecule has 0 aromatic heterocycles. The fraction of sp³-hybridized carbons (Fsp3) is 0.308. The Morgan fingerprint density at radius 3 is 2.46 bits per heavy atom. The maximum atomic E-state index is 4.19. The molecule has 1 radical (unpaired) electrons. The first-order chi connectivity index (χ1) is 6.36. The topological polar surface area (TPSA) is 0 Å². The summed E-state index contributed by atoms with van der Waals surface area (Å²) in [6, 6.07) is 10.6. The van der Waals surface area contributed by atoms with E-state index in [2.05, 4.69) is 43.3 Å². The zero-order chi connectivity index (χ0) is 9.10. The highest BCUT2D eigenvalue weighted by atomic mass is 14.2. The quantitative estimate of drug-likeness (QED) is 0.611. The lowest BCUT2D eigenvalue weighted by Crippen LogP contribution is -2.08. The number of hydrogen-bond acceptors (Lipinski definition) is 0. The molecule has 0 N–H and O–H groups in total. The molecule has 2 rings (SSSR count). The van der Waals surface area contributed by atoms with Crippen molar-refractivity contribution in [3.63, 3.8) is 0 Å². The van der Waals surface area contributed by atoms with Crippen LogP contribution in [0.25, 0.3) is 0 Å². The third-order valence-electron chi connectivity index (χ3n) is 2.69. The van der Waals surface area contributed by atoms with E-state index in [0.717, 1.165) is 6.42 Å². The van der Waals surface area contributed by atoms with Crippen molar-refractivity contribution in [2.75, 3.05) is 0 Å². The van der Waals surface area contributed by atoms with Gasteiger partial charge in [0.1, 0.15) is 0 Å². The molecule has 0 saturated heterocycles. The van der Waals surface area contributed by atoms with Crippen LogP contribution in [-0.2, 0) is 6.42 Å². The summed E-state index contributed by atoms with van der Waals surface area (Å²) >= 11 is 0. The van der Waals surface area contributed by atoms with E-state index in [-0.39, 0.29) is 0 Å². The second-order valence-corrected chi connectivity index (χ2v) is 3.70. The molecule has 1 unspecified atom stereocenters. The van der Waals surface area contributed by atoms with Crippen LogP contribution < -0.4 is 0 Å². The van der Waals surface area contributed by atoms with E-state index in [1.807, 2.05) is 0 Å². The lowest BCUT2D eigenvalue weighted by molar-refractivity contribution is 0.658. The van der Waals surface area contributed by atoms with E-state index < -0.39 is 0 Å². The van der Waals surface area contributed by atoms with Crippen LogP contribution in [0.5, 0.6) is 0 Å². The molecule has 1 aliphatic rings. The van der Waals surface area contributed by atoms with Crippen molar-refractivity contribution >= 4 is 0 Å². The van der Waals surface area contributed by atoms with Crippen molar-refractivity contribution in [2.45, 2.75) is 19.3 Å². The standard InChI is InChI=1S/C13H15/c1-11(13-8-5-9-13)10-12-6-3-2-4-7-12/h2-4,6-8,11H,1,5,9-10H2. The van der Waals surface area contributed by atoms with Gasteiger partial charge in [-0.25, -0.2) is 0 Å². The summed E-state index contributed by atoms with van der Waals surface area (Å²) in [5.74, 6) is 0.496. The van der Waals surface area contributed by atoms with Gasteiger partial charge in [-0.15, -0.1) is 0 Å². The first kappa shape index (κ1) is 8.55. The van der Waals surface area contributed by atoms with Crippen molar-refractivity contribution in [1.29, 1.82) is 0 Å². The maximum Gasteiger partial charge on any atom is -0.0162 e. The molecule has 1 aromatic carbocycles. The van der Waals surface area contributed by atoms with E-state index in [1.165, 1.54) is 18.4 Å². The Kier molecular flexibility index (Phi) is 2.49. The van der Waals surface area contributed by atoms with Crippen LogP contribution in [0.4, 0.5) is 0 Å². The fourth-order valence-electron chi connectivity index (χ4n) is 1.71. The van der Waals surface area contributed by atoms with E-state index in [4.69, 9.17) is 0 Å². The van der Waals surface area contributed by atoms with Crippen molar-refractivity contribution in [2.24, 2.45) is 5.92 Å². The van der Waals surface area contributed by atoms with Crippen molar-refractivity contribution in [3.8, 4) is 0 Å². The zero-order valence-electron chi connectivity index (χ0n) is 7.87. The molecule has 1 aromatic rings. The van der Waals surface area contributed by atoms with Gasteiger partial charge >= 0.3 is 0 Å². The predicted molar refractivity (Wildman–Crippen MR) is 56.3 cm³/mol. The molecule has 67 valence electrons. The Hall–Kier alpha value is -1.04. The van der Waals surface area contributed by atoms with Crippen LogP contribution in [0.1, 0.15) is 18.4 Å². The number of benzene rings is 1. The van der Waals surface area contributed by atoms with Crippen LogP contribution in [0.2, 0.25) is 0 Å². The molecule has 0 fully saturated rings. The van der Waals surface area contributed by atoms with Gasteiger partial charge in [0.25, 0.3) is 0 Å². The van der Waals surface area contributed by atoms with Crippen LogP contribution in [-0.4, -0.2) is 0 Å². The summed E-state index contributed by atoms with van der Waals surface area (Å²) in [7, 11) is 0. The molecule has 0 bridgehead atoms. The Morgan fingerprint density at radius 2 is 1.92 bits per heavy atom. The average molecular weight is 171 g/mol. The first-order valence-corrected chi connectivity index (χ1v) is 4.92. The Bertz CT molecular complexity index is 295. The van der Waals surface area contributed by atoms with Gasteiger partial charge in [-0.3, -0.25) is 0 Å². The number of hydrogen-bond donors (Lipinski definition) is 0. The Balaban J connectivity index is 1.98. The maximum absolute atomic E-state index is 4.19. The zero-order valence-corrected chi connectivity index (χ0v) is 7.87. The van der Waals surface area contributed by atoms with Gasteiger partial charge in [-0.2, -0.15) is 0 Å². The second-order valence-electron chi connectivity index (χ2n) is 3.70. The van der Waals surface area contributed by atoms with Crippen LogP contribution >= 0.6 is 0 Å². The monoisotopic (exact) mass is 171 g/mol. The van der Waals surface area contributed by atoms with Crippen LogP contribution in [0, 0.1) is 12.8 Å². The molecule has 0 amide bonds. The van der Waals surface area contributed by atoms with Gasteiger partial charge in [0.05, 0.1) is 0 Å². The van der Waals surface area contributed by atoms with E-state index in [9.17, 15) is 0 Å². The molecule has 0 heterocycles.